The summed E-state index contributed by atoms with van der Waals surface area (Å²) in [7, 11) is 0. The third kappa shape index (κ3) is 6.10. The first-order valence-electron chi connectivity index (χ1n) is 4.43. The van der Waals surface area contributed by atoms with Crippen molar-refractivity contribution in [1.82, 2.24) is 0 Å². The van der Waals surface area contributed by atoms with Gasteiger partial charge in [-0.05, 0) is 37.7 Å². The first kappa shape index (κ1) is 11.4. The predicted molar refractivity (Wildman–Crippen MR) is 49.9 cm³/mol. The third-order valence-corrected chi connectivity index (χ3v) is 1.93. The lowest BCUT2D eigenvalue weighted by Gasteiger charge is -2.06. The van der Waals surface area contributed by atoms with Crippen LogP contribution in [0.1, 0.15) is 33.1 Å². The summed E-state index contributed by atoms with van der Waals surface area (Å²) < 4.78 is 0. The molecule has 2 nitrogen and oxygen atoms in total. The second-order valence-corrected chi connectivity index (χ2v) is 3.26. The van der Waals surface area contributed by atoms with Gasteiger partial charge in [-0.3, -0.25) is 4.79 Å². The first-order chi connectivity index (χ1) is 5.70. The highest BCUT2D eigenvalue weighted by atomic mass is 16.3. The molecule has 0 fully saturated rings. The lowest BCUT2D eigenvalue weighted by Crippen LogP contribution is -1.97. The van der Waals surface area contributed by atoms with Crippen molar-refractivity contribution >= 4 is 6.29 Å². The Labute approximate surface area is 74.3 Å². The molecule has 0 aliphatic heterocycles. The molecule has 0 aromatic carbocycles. The zero-order valence-electron chi connectivity index (χ0n) is 7.92. The van der Waals surface area contributed by atoms with Crippen LogP contribution in [0.15, 0.2) is 11.6 Å². The Hall–Kier alpha value is -0.630. The molecule has 0 aliphatic carbocycles. The van der Waals surface area contributed by atoms with Gasteiger partial charge in [-0.25, -0.2) is 0 Å². The Morgan fingerprint density at radius 2 is 2.17 bits per heavy atom. The number of hydrogen-bond donors (Lipinski definition) is 1. The number of carbonyl (C=O) groups is 1. The van der Waals surface area contributed by atoms with Crippen molar-refractivity contribution in [1.29, 1.82) is 0 Å². The summed E-state index contributed by atoms with van der Waals surface area (Å²) in [5.41, 5.74) is 0.797. The van der Waals surface area contributed by atoms with E-state index in [0.717, 1.165) is 31.1 Å². The van der Waals surface area contributed by atoms with Crippen molar-refractivity contribution in [3.05, 3.63) is 11.6 Å². The lowest BCUT2D eigenvalue weighted by atomic mass is 10.0. The Kier molecular flexibility index (Phi) is 6.67. The molecule has 0 unspecified atom stereocenters. The average molecular weight is 170 g/mol. The molecule has 1 atom stereocenters. The van der Waals surface area contributed by atoms with Crippen LogP contribution < -0.4 is 0 Å². The fourth-order valence-electron chi connectivity index (χ4n) is 1.01. The average Bonchev–Trinajstić information content (AvgIpc) is 2.04. The fourth-order valence-corrected chi connectivity index (χ4v) is 1.01. The van der Waals surface area contributed by atoms with E-state index in [1.807, 2.05) is 13.0 Å². The summed E-state index contributed by atoms with van der Waals surface area (Å²) in [6, 6.07) is 0. The Morgan fingerprint density at radius 3 is 2.67 bits per heavy atom. The maximum atomic E-state index is 10.2. The normalized spacial score (nSPS) is 14.4. The summed E-state index contributed by atoms with van der Waals surface area (Å²) in [4.78, 5) is 10.2. The van der Waals surface area contributed by atoms with Gasteiger partial charge in [0.15, 0.2) is 0 Å². The van der Waals surface area contributed by atoms with E-state index in [4.69, 9.17) is 5.11 Å². The minimum atomic E-state index is 0.261. The standard InChI is InChI=1S/C10H18O2/c1-9(6-7-11)4-3-5-10(2)8-12/h5,8-9,11H,3-4,6-7H2,1-2H3/t9-/m1/s1. The van der Waals surface area contributed by atoms with Crippen LogP contribution in [0.2, 0.25) is 0 Å². The molecule has 0 bridgehead atoms. The Balaban J connectivity index is 3.48. The minimum absolute atomic E-state index is 0.261. The molecule has 0 saturated heterocycles. The van der Waals surface area contributed by atoms with Gasteiger partial charge in [-0.15, -0.1) is 0 Å². The molecule has 1 N–H and O–H groups in total. The summed E-state index contributed by atoms with van der Waals surface area (Å²) >= 11 is 0. The van der Waals surface area contributed by atoms with Crippen LogP contribution in [-0.2, 0) is 4.79 Å². The number of carbonyl (C=O) groups excluding carboxylic acids is 1. The van der Waals surface area contributed by atoms with E-state index >= 15 is 0 Å². The minimum Gasteiger partial charge on any atom is -0.396 e. The quantitative estimate of drug-likeness (QED) is 0.488. The predicted octanol–water partition coefficient (Wildman–Crippen LogP) is 1.93. The molecule has 2 heteroatoms. The van der Waals surface area contributed by atoms with Gasteiger partial charge in [-0.1, -0.05) is 13.0 Å². The van der Waals surface area contributed by atoms with Crippen molar-refractivity contribution in [2.45, 2.75) is 33.1 Å². The number of aldehydes is 1. The Morgan fingerprint density at radius 1 is 1.50 bits per heavy atom. The van der Waals surface area contributed by atoms with Crippen LogP contribution in [0.5, 0.6) is 0 Å². The van der Waals surface area contributed by atoms with Crippen molar-refractivity contribution in [3.63, 3.8) is 0 Å². The highest BCUT2D eigenvalue weighted by Crippen LogP contribution is 2.10. The molecule has 0 aliphatic rings. The number of allylic oxidation sites excluding steroid dienone is 2. The number of rotatable bonds is 6. The van der Waals surface area contributed by atoms with E-state index in [1.165, 1.54) is 0 Å². The molecule has 0 spiro atoms. The zero-order valence-corrected chi connectivity index (χ0v) is 7.92. The molecule has 0 aromatic rings. The van der Waals surface area contributed by atoms with Gasteiger partial charge < -0.3 is 5.11 Å². The maximum absolute atomic E-state index is 10.2. The van der Waals surface area contributed by atoms with E-state index in [-0.39, 0.29) is 6.61 Å². The smallest absolute Gasteiger partial charge is 0.145 e. The van der Waals surface area contributed by atoms with E-state index in [9.17, 15) is 4.79 Å². The topological polar surface area (TPSA) is 37.3 Å². The van der Waals surface area contributed by atoms with Gasteiger partial charge >= 0.3 is 0 Å². The van der Waals surface area contributed by atoms with Crippen LogP contribution in [0, 0.1) is 5.92 Å². The second-order valence-electron chi connectivity index (χ2n) is 3.26. The van der Waals surface area contributed by atoms with E-state index in [1.54, 1.807) is 0 Å². The van der Waals surface area contributed by atoms with E-state index < -0.39 is 0 Å². The van der Waals surface area contributed by atoms with Gasteiger partial charge in [-0.2, -0.15) is 0 Å². The number of hydrogen-bond acceptors (Lipinski definition) is 2. The summed E-state index contributed by atoms with van der Waals surface area (Å²) in [5.74, 6) is 0.547. The second kappa shape index (κ2) is 7.04. The van der Waals surface area contributed by atoms with Gasteiger partial charge in [0.1, 0.15) is 6.29 Å². The Bertz CT molecular complexity index is 150. The van der Waals surface area contributed by atoms with E-state index in [0.29, 0.717) is 5.92 Å². The highest BCUT2D eigenvalue weighted by molar-refractivity contribution is 5.71. The van der Waals surface area contributed by atoms with Gasteiger partial charge in [0, 0.05) is 6.61 Å². The van der Waals surface area contributed by atoms with Crippen molar-refractivity contribution in [2.75, 3.05) is 6.61 Å². The number of aliphatic hydroxyl groups excluding tert-OH is 1. The monoisotopic (exact) mass is 170 g/mol. The van der Waals surface area contributed by atoms with Gasteiger partial charge in [0.25, 0.3) is 0 Å². The molecular formula is C10H18O2. The van der Waals surface area contributed by atoms with Crippen LogP contribution in [0.3, 0.4) is 0 Å². The van der Waals surface area contributed by atoms with Crippen LogP contribution in [0.4, 0.5) is 0 Å². The molecule has 0 aromatic heterocycles. The molecule has 70 valence electrons. The van der Waals surface area contributed by atoms with Crippen LogP contribution in [-0.4, -0.2) is 18.0 Å². The fraction of sp³-hybridized carbons (Fsp3) is 0.700. The van der Waals surface area contributed by atoms with Crippen LogP contribution >= 0.6 is 0 Å². The van der Waals surface area contributed by atoms with Gasteiger partial charge in [0.05, 0.1) is 0 Å². The molecule has 0 heterocycles. The first-order valence-corrected chi connectivity index (χ1v) is 4.43. The van der Waals surface area contributed by atoms with Crippen LogP contribution in [0.25, 0.3) is 0 Å². The largest absolute Gasteiger partial charge is 0.396 e. The van der Waals surface area contributed by atoms with Crippen molar-refractivity contribution in [3.8, 4) is 0 Å². The maximum Gasteiger partial charge on any atom is 0.145 e. The summed E-state index contributed by atoms with van der Waals surface area (Å²) in [6.07, 6.45) is 5.66. The number of aliphatic hydroxyl groups is 1. The molecule has 0 saturated carbocycles. The molecular weight excluding hydrogens is 152 g/mol. The zero-order chi connectivity index (χ0) is 9.40. The molecule has 0 rings (SSSR count). The summed E-state index contributed by atoms with van der Waals surface area (Å²) in [6.45, 7) is 4.18. The summed E-state index contributed by atoms with van der Waals surface area (Å²) in [5, 5.41) is 8.62. The van der Waals surface area contributed by atoms with Crippen molar-refractivity contribution in [2.24, 2.45) is 5.92 Å². The lowest BCUT2D eigenvalue weighted by molar-refractivity contribution is -0.104. The molecule has 12 heavy (non-hydrogen) atoms. The molecule has 0 radical (unpaired) electrons. The van der Waals surface area contributed by atoms with Crippen molar-refractivity contribution < 1.29 is 9.90 Å². The third-order valence-electron chi connectivity index (χ3n) is 1.93. The van der Waals surface area contributed by atoms with E-state index in [2.05, 4.69) is 6.92 Å². The van der Waals surface area contributed by atoms with Gasteiger partial charge in [0.2, 0.25) is 0 Å². The SMILES string of the molecule is CC(C=O)=CCC[C@@H](C)CCO. The molecule has 0 amide bonds. The highest BCUT2D eigenvalue weighted by Gasteiger charge is 1.98.